The van der Waals surface area contributed by atoms with E-state index in [9.17, 15) is 9.90 Å². The SMILES string of the molecule is CC(C)(C)N(C(=O)O)C1C2CCC1CN(c1ncccn1)C2. The molecule has 2 atom stereocenters. The van der Waals surface area contributed by atoms with Crippen LogP contribution in [0, 0.1) is 11.8 Å². The summed E-state index contributed by atoms with van der Waals surface area (Å²) in [6.45, 7) is 7.61. The standard InChI is InChI=1S/C16H24N4O2/c1-16(2,3)20(15(21)22)13-11-5-6-12(13)10-19(9-11)14-17-7-4-8-18-14/h4,7-8,11-13H,5-6,9-10H2,1-3H3,(H,21,22). The van der Waals surface area contributed by atoms with E-state index in [0.29, 0.717) is 11.8 Å². The number of amides is 1. The van der Waals surface area contributed by atoms with Crippen molar-refractivity contribution in [2.24, 2.45) is 11.8 Å². The number of rotatable bonds is 2. The minimum Gasteiger partial charge on any atom is -0.465 e. The molecule has 6 nitrogen and oxygen atoms in total. The van der Waals surface area contributed by atoms with Crippen molar-refractivity contribution in [2.45, 2.75) is 45.2 Å². The van der Waals surface area contributed by atoms with Crippen molar-refractivity contribution in [3.05, 3.63) is 18.5 Å². The molecule has 2 fully saturated rings. The normalized spacial score (nSPS) is 27.8. The van der Waals surface area contributed by atoms with Crippen molar-refractivity contribution in [1.82, 2.24) is 14.9 Å². The first-order chi connectivity index (χ1) is 10.4. The number of carbonyl (C=O) groups is 1. The first-order valence-corrected chi connectivity index (χ1v) is 7.92. The van der Waals surface area contributed by atoms with Crippen molar-refractivity contribution in [1.29, 1.82) is 0 Å². The molecular weight excluding hydrogens is 280 g/mol. The van der Waals surface area contributed by atoms with Crippen LogP contribution in [0.1, 0.15) is 33.6 Å². The fourth-order valence-corrected chi connectivity index (χ4v) is 4.09. The molecule has 1 aliphatic carbocycles. The molecule has 1 saturated carbocycles. The average Bonchev–Trinajstić information content (AvgIpc) is 2.70. The Morgan fingerprint density at radius 3 is 2.23 bits per heavy atom. The molecule has 1 aromatic heterocycles. The summed E-state index contributed by atoms with van der Waals surface area (Å²) >= 11 is 0. The highest BCUT2D eigenvalue weighted by atomic mass is 16.4. The highest BCUT2D eigenvalue weighted by Crippen LogP contribution is 2.42. The molecule has 1 amide bonds. The van der Waals surface area contributed by atoms with Crippen LogP contribution in [-0.2, 0) is 0 Å². The highest BCUT2D eigenvalue weighted by molar-refractivity contribution is 5.67. The first kappa shape index (κ1) is 15.1. The van der Waals surface area contributed by atoms with Gasteiger partial charge in [-0.25, -0.2) is 14.8 Å². The van der Waals surface area contributed by atoms with Gasteiger partial charge in [-0.05, 0) is 51.5 Å². The minimum absolute atomic E-state index is 0.109. The van der Waals surface area contributed by atoms with E-state index in [0.717, 1.165) is 31.9 Å². The Balaban J connectivity index is 1.83. The van der Waals surface area contributed by atoms with Crippen molar-refractivity contribution in [2.75, 3.05) is 18.0 Å². The zero-order valence-electron chi connectivity index (χ0n) is 13.4. The number of carboxylic acid groups (broad SMARTS) is 1. The van der Waals surface area contributed by atoms with E-state index in [1.165, 1.54) is 0 Å². The topological polar surface area (TPSA) is 69.6 Å². The summed E-state index contributed by atoms with van der Waals surface area (Å²) in [7, 11) is 0. The van der Waals surface area contributed by atoms with Crippen LogP contribution in [-0.4, -0.2) is 50.7 Å². The number of aromatic nitrogens is 2. The van der Waals surface area contributed by atoms with Crippen LogP contribution in [0.25, 0.3) is 0 Å². The van der Waals surface area contributed by atoms with E-state index in [1.807, 2.05) is 26.8 Å². The Morgan fingerprint density at radius 1 is 1.23 bits per heavy atom. The zero-order valence-corrected chi connectivity index (χ0v) is 13.4. The highest BCUT2D eigenvalue weighted by Gasteiger charge is 2.49. The number of fused-ring (bicyclic) bond motifs is 2. The quantitative estimate of drug-likeness (QED) is 0.909. The predicted octanol–water partition coefficient (Wildman–Crippen LogP) is 2.47. The van der Waals surface area contributed by atoms with Crippen LogP contribution in [0.2, 0.25) is 0 Å². The molecule has 120 valence electrons. The second-order valence-electron chi connectivity index (χ2n) is 7.37. The van der Waals surface area contributed by atoms with Gasteiger partial charge in [-0.1, -0.05) is 0 Å². The predicted molar refractivity (Wildman–Crippen MR) is 83.9 cm³/mol. The van der Waals surface area contributed by atoms with Gasteiger partial charge in [0.2, 0.25) is 5.95 Å². The Bertz CT molecular complexity index is 529. The number of anilines is 1. The molecule has 2 bridgehead atoms. The molecule has 2 aliphatic rings. The summed E-state index contributed by atoms with van der Waals surface area (Å²) in [5, 5.41) is 9.70. The second kappa shape index (κ2) is 5.41. The molecular formula is C16H24N4O2. The molecule has 1 saturated heterocycles. The largest absolute Gasteiger partial charge is 0.465 e. The summed E-state index contributed by atoms with van der Waals surface area (Å²) in [6.07, 6.45) is 4.88. The zero-order chi connectivity index (χ0) is 15.9. The fraction of sp³-hybridized carbons (Fsp3) is 0.688. The van der Waals surface area contributed by atoms with Gasteiger partial charge in [0.25, 0.3) is 0 Å². The van der Waals surface area contributed by atoms with E-state index in [4.69, 9.17) is 0 Å². The summed E-state index contributed by atoms with van der Waals surface area (Å²) in [4.78, 5) is 24.4. The van der Waals surface area contributed by atoms with Crippen LogP contribution >= 0.6 is 0 Å². The van der Waals surface area contributed by atoms with Gasteiger partial charge in [-0.2, -0.15) is 0 Å². The fourth-order valence-electron chi connectivity index (χ4n) is 4.09. The van der Waals surface area contributed by atoms with Gasteiger partial charge in [0.15, 0.2) is 0 Å². The smallest absolute Gasteiger partial charge is 0.408 e. The lowest BCUT2D eigenvalue weighted by atomic mass is 9.88. The molecule has 0 radical (unpaired) electrons. The lowest BCUT2D eigenvalue weighted by Crippen LogP contribution is -2.60. The number of hydrogen-bond acceptors (Lipinski definition) is 4. The number of hydrogen-bond donors (Lipinski definition) is 1. The average molecular weight is 304 g/mol. The van der Waals surface area contributed by atoms with Crippen molar-refractivity contribution < 1.29 is 9.90 Å². The molecule has 2 heterocycles. The number of nitrogens with zero attached hydrogens (tertiary/aromatic N) is 4. The van der Waals surface area contributed by atoms with Crippen LogP contribution in [0.5, 0.6) is 0 Å². The Labute approximate surface area is 131 Å². The van der Waals surface area contributed by atoms with Crippen LogP contribution < -0.4 is 4.90 Å². The maximum Gasteiger partial charge on any atom is 0.408 e. The second-order valence-corrected chi connectivity index (χ2v) is 7.37. The third kappa shape index (κ3) is 2.62. The molecule has 22 heavy (non-hydrogen) atoms. The number of piperidine rings is 1. The van der Waals surface area contributed by atoms with Gasteiger partial charge in [-0.3, -0.25) is 4.90 Å². The summed E-state index contributed by atoms with van der Waals surface area (Å²) < 4.78 is 0. The molecule has 1 aliphatic heterocycles. The van der Waals surface area contributed by atoms with Gasteiger partial charge in [0.05, 0.1) is 0 Å². The van der Waals surface area contributed by atoms with E-state index in [1.54, 1.807) is 17.3 Å². The van der Waals surface area contributed by atoms with Crippen molar-refractivity contribution >= 4 is 12.0 Å². The lowest BCUT2D eigenvalue weighted by Gasteiger charge is -2.47. The van der Waals surface area contributed by atoms with Gasteiger partial charge >= 0.3 is 6.09 Å². The van der Waals surface area contributed by atoms with E-state index >= 15 is 0 Å². The first-order valence-electron chi connectivity index (χ1n) is 7.92. The van der Waals surface area contributed by atoms with Crippen LogP contribution in [0.4, 0.5) is 10.7 Å². The van der Waals surface area contributed by atoms with Gasteiger partial charge in [0, 0.05) is 37.1 Å². The summed E-state index contributed by atoms with van der Waals surface area (Å²) in [6, 6.07) is 1.92. The molecule has 0 spiro atoms. The monoisotopic (exact) mass is 304 g/mol. The summed E-state index contributed by atoms with van der Waals surface area (Å²) in [5.41, 5.74) is -0.372. The van der Waals surface area contributed by atoms with E-state index < -0.39 is 6.09 Å². The van der Waals surface area contributed by atoms with E-state index in [-0.39, 0.29) is 11.6 Å². The Morgan fingerprint density at radius 2 is 1.77 bits per heavy atom. The molecule has 1 aromatic rings. The molecule has 6 heteroatoms. The van der Waals surface area contributed by atoms with Crippen molar-refractivity contribution in [3.63, 3.8) is 0 Å². The Kier molecular flexibility index (Phi) is 3.70. The lowest BCUT2D eigenvalue weighted by molar-refractivity contribution is 0.0357. The minimum atomic E-state index is -0.807. The van der Waals surface area contributed by atoms with E-state index in [2.05, 4.69) is 14.9 Å². The maximum atomic E-state index is 11.8. The third-order valence-corrected chi connectivity index (χ3v) is 4.85. The molecule has 3 rings (SSSR count). The van der Waals surface area contributed by atoms with Gasteiger partial charge in [-0.15, -0.1) is 0 Å². The van der Waals surface area contributed by atoms with Crippen LogP contribution in [0.15, 0.2) is 18.5 Å². The molecule has 0 aromatic carbocycles. The molecule has 1 N–H and O–H groups in total. The molecule has 2 unspecified atom stereocenters. The van der Waals surface area contributed by atoms with Crippen LogP contribution in [0.3, 0.4) is 0 Å². The Hall–Kier alpha value is -1.85. The van der Waals surface area contributed by atoms with Crippen molar-refractivity contribution in [3.8, 4) is 0 Å². The summed E-state index contributed by atoms with van der Waals surface area (Å²) in [5.74, 6) is 1.48. The third-order valence-electron chi connectivity index (χ3n) is 4.85. The van der Waals surface area contributed by atoms with Gasteiger partial charge < -0.3 is 10.0 Å². The van der Waals surface area contributed by atoms with Gasteiger partial charge in [0.1, 0.15) is 0 Å². The maximum absolute atomic E-state index is 11.8.